The van der Waals surface area contributed by atoms with Crippen molar-refractivity contribution in [3.05, 3.63) is 36.0 Å². The van der Waals surface area contributed by atoms with Gasteiger partial charge >= 0.3 is 0 Å². The van der Waals surface area contributed by atoms with Gasteiger partial charge in [-0.15, -0.1) is 0 Å². The Morgan fingerprint density at radius 1 is 1.43 bits per heavy atom. The first-order valence-electron chi connectivity index (χ1n) is 6.55. The monoisotopic (exact) mass is 322 g/mol. The van der Waals surface area contributed by atoms with E-state index in [4.69, 9.17) is 4.74 Å². The molecule has 6 heteroatoms. The highest BCUT2D eigenvalue weighted by molar-refractivity contribution is 8.76. The molecule has 0 aliphatic rings. The summed E-state index contributed by atoms with van der Waals surface area (Å²) in [5.74, 6) is -0.0988. The van der Waals surface area contributed by atoms with Gasteiger partial charge in [0, 0.05) is 35.2 Å². The second kappa shape index (κ2) is 7.68. The molecule has 2 rings (SSSR count). The first kappa shape index (κ1) is 16.1. The summed E-state index contributed by atoms with van der Waals surface area (Å²) >= 11 is 0. The number of fused-ring (bicyclic) bond motifs is 1. The summed E-state index contributed by atoms with van der Waals surface area (Å²) in [4.78, 5) is 17.9. The maximum Gasteiger partial charge on any atom is 0.252 e. The molecule has 0 saturated heterocycles. The molecule has 1 N–H and O–H groups in total. The highest BCUT2D eigenvalue weighted by Crippen LogP contribution is 2.34. The van der Waals surface area contributed by atoms with E-state index < -0.39 is 0 Å². The highest BCUT2D eigenvalue weighted by atomic mass is 33.1. The topological polar surface area (TPSA) is 51.2 Å². The smallest absolute Gasteiger partial charge is 0.252 e. The molecule has 1 unspecified atom stereocenters. The molecular weight excluding hydrogens is 304 g/mol. The average molecular weight is 322 g/mol. The van der Waals surface area contributed by atoms with E-state index in [1.165, 1.54) is 0 Å². The summed E-state index contributed by atoms with van der Waals surface area (Å²) in [5, 5.41) is 3.81. The zero-order valence-electron chi connectivity index (χ0n) is 12.3. The van der Waals surface area contributed by atoms with Crippen LogP contribution in [-0.4, -0.2) is 36.9 Å². The minimum absolute atomic E-state index is 0.0329. The van der Waals surface area contributed by atoms with Crippen LogP contribution in [0.4, 0.5) is 0 Å². The van der Waals surface area contributed by atoms with Crippen LogP contribution in [0.15, 0.2) is 35.4 Å². The number of amides is 1. The normalized spacial score (nSPS) is 12.3. The fourth-order valence-corrected chi connectivity index (χ4v) is 3.58. The molecule has 1 heterocycles. The Balaban J connectivity index is 2.36. The molecular formula is C15H18N2O2S2. The lowest BCUT2D eigenvalue weighted by molar-refractivity contribution is 0.0907. The second-order valence-corrected chi connectivity index (χ2v) is 7.03. The SMILES string of the molecule is COCC(C)NC(=O)c1ccc(SSC)c2ncccc12. The predicted octanol–water partition coefficient (Wildman–Crippen LogP) is 3.37. The van der Waals surface area contributed by atoms with Crippen molar-refractivity contribution in [2.75, 3.05) is 20.0 Å². The average Bonchev–Trinajstić information content (AvgIpc) is 2.48. The maximum atomic E-state index is 12.4. The van der Waals surface area contributed by atoms with Crippen LogP contribution >= 0.6 is 21.6 Å². The third kappa shape index (κ3) is 3.90. The first-order valence-corrected chi connectivity index (χ1v) is 9.11. The fourth-order valence-electron chi connectivity index (χ4n) is 2.09. The number of carbonyl (C=O) groups excluding carboxylic acids is 1. The maximum absolute atomic E-state index is 12.4. The zero-order chi connectivity index (χ0) is 15.2. The number of pyridine rings is 1. The summed E-state index contributed by atoms with van der Waals surface area (Å²) < 4.78 is 5.05. The Bertz CT molecular complexity index is 634. The van der Waals surface area contributed by atoms with Gasteiger partial charge in [0.2, 0.25) is 0 Å². The molecule has 1 aromatic heterocycles. The molecule has 0 radical (unpaired) electrons. The lowest BCUT2D eigenvalue weighted by Crippen LogP contribution is -2.35. The zero-order valence-corrected chi connectivity index (χ0v) is 13.9. The molecule has 1 atom stereocenters. The third-order valence-electron chi connectivity index (χ3n) is 2.94. The predicted molar refractivity (Wildman–Crippen MR) is 89.9 cm³/mol. The van der Waals surface area contributed by atoms with Gasteiger partial charge in [-0.3, -0.25) is 9.78 Å². The molecule has 1 aromatic carbocycles. The van der Waals surface area contributed by atoms with E-state index in [1.54, 1.807) is 34.9 Å². The van der Waals surface area contributed by atoms with Crippen LogP contribution in [0.25, 0.3) is 10.9 Å². The van der Waals surface area contributed by atoms with Crippen molar-refractivity contribution in [3.63, 3.8) is 0 Å². The molecule has 4 nitrogen and oxygen atoms in total. The number of rotatable bonds is 6. The van der Waals surface area contributed by atoms with Gasteiger partial charge in [-0.25, -0.2) is 0 Å². The van der Waals surface area contributed by atoms with E-state index in [0.29, 0.717) is 12.2 Å². The van der Waals surface area contributed by atoms with Gasteiger partial charge in [0.15, 0.2) is 0 Å². The number of ether oxygens (including phenoxy) is 1. The molecule has 0 bridgehead atoms. The van der Waals surface area contributed by atoms with E-state index in [2.05, 4.69) is 10.3 Å². The van der Waals surface area contributed by atoms with Crippen LogP contribution in [0, 0.1) is 0 Å². The van der Waals surface area contributed by atoms with Crippen molar-refractivity contribution in [2.45, 2.75) is 17.9 Å². The van der Waals surface area contributed by atoms with Crippen molar-refractivity contribution >= 4 is 38.4 Å². The summed E-state index contributed by atoms with van der Waals surface area (Å²) in [6, 6.07) is 7.56. The van der Waals surface area contributed by atoms with Gasteiger partial charge in [-0.1, -0.05) is 27.7 Å². The van der Waals surface area contributed by atoms with Crippen LogP contribution in [0.2, 0.25) is 0 Å². The highest BCUT2D eigenvalue weighted by Gasteiger charge is 2.15. The number of methoxy groups -OCH3 is 1. The summed E-state index contributed by atoms with van der Waals surface area (Å²) in [7, 11) is 4.93. The van der Waals surface area contributed by atoms with Crippen LogP contribution in [0.1, 0.15) is 17.3 Å². The van der Waals surface area contributed by atoms with Crippen molar-refractivity contribution in [1.29, 1.82) is 0 Å². The summed E-state index contributed by atoms with van der Waals surface area (Å²) in [6.45, 7) is 2.40. The molecule has 2 aromatic rings. The number of hydrogen-bond donors (Lipinski definition) is 1. The summed E-state index contributed by atoms with van der Waals surface area (Å²) in [5.41, 5.74) is 1.51. The van der Waals surface area contributed by atoms with Gasteiger partial charge in [-0.05, 0) is 31.4 Å². The molecule has 0 spiro atoms. The Hall–Kier alpha value is -1.24. The van der Waals surface area contributed by atoms with E-state index in [-0.39, 0.29) is 11.9 Å². The van der Waals surface area contributed by atoms with Gasteiger partial charge < -0.3 is 10.1 Å². The van der Waals surface area contributed by atoms with Gasteiger partial charge in [0.1, 0.15) is 0 Å². The standard InChI is InChI=1S/C15H18N2O2S2/c1-10(9-19-2)17-15(18)12-6-7-13(21-20-3)14-11(12)5-4-8-16-14/h4-8,10H,9H2,1-3H3,(H,17,18). The molecule has 0 aliphatic carbocycles. The van der Waals surface area contributed by atoms with E-state index >= 15 is 0 Å². The molecule has 21 heavy (non-hydrogen) atoms. The number of carbonyl (C=O) groups is 1. The van der Waals surface area contributed by atoms with Crippen molar-refractivity contribution in [3.8, 4) is 0 Å². The van der Waals surface area contributed by atoms with Crippen LogP contribution in [0.3, 0.4) is 0 Å². The van der Waals surface area contributed by atoms with Gasteiger partial charge in [0.25, 0.3) is 5.91 Å². The van der Waals surface area contributed by atoms with Crippen LogP contribution in [0.5, 0.6) is 0 Å². The molecule has 1 amide bonds. The van der Waals surface area contributed by atoms with Crippen molar-refractivity contribution in [2.24, 2.45) is 0 Å². The second-order valence-electron chi connectivity index (χ2n) is 4.59. The van der Waals surface area contributed by atoms with Crippen molar-refractivity contribution < 1.29 is 9.53 Å². The Kier molecular flexibility index (Phi) is 5.90. The number of nitrogens with one attached hydrogen (secondary N) is 1. The molecule has 0 fully saturated rings. The van der Waals surface area contributed by atoms with Crippen LogP contribution in [-0.2, 0) is 4.74 Å². The Labute approximate surface area is 132 Å². The van der Waals surface area contributed by atoms with E-state index in [1.807, 2.05) is 37.4 Å². The van der Waals surface area contributed by atoms with E-state index in [9.17, 15) is 4.79 Å². The largest absolute Gasteiger partial charge is 0.383 e. The van der Waals surface area contributed by atoms with E-state index in [0.717, 1.165) is 15.8 Å². The third-order valence-corrected chi connectivity index (χ3v) is 4.66. The number of benzene rings is 1. The van der Waals surface area contributed by atoms with Gasteiger partial charge in [0.05, 0.1) is 12.1 Å². The van der Waals surface area contributed by atoms with Gasteiger partial charge in [-0.2, -0.15) is 0 Å². The Morgan fingerprint density at radius 3 is 2.95 bits per heavy atom. The molecule has 0 saturated carbocycles. The Morgan fingerprint density at radius 2 is 2.24 bits per heavy atom. The lowest BCUT2D eigenvalue weighted by Gasteiger charge is -2.14. The lowest BCUT2D eigenvalue weighted by atomic mass is 10.1. The fraction of sp³-hybridized carbons (Fsp3) is 0.333. The minimum atomic E-state index is -0.0988. The summed E-state index contributed by atoms with van der Waals surface area (Å²) in [6.07, 6.45) is 3.77. The number of nitrogens with zero attached hydrogens (tertiary/aromatic N) is 1. The van der Waals surface area contributed by atoms with Crippen LogP contribution < -0.4 is 5.32 Å². The quantitative estimate of drug-likeness (QED) is 0.826. The number of aromatic nitrogens is 1. The first-order chi connectivity index (χ1) is 10.2. The number of hydrogen-bond acceptors (Lipinski definition) is 5. The minimum Gasteiger partial charge on any atom is -0.383 e. The molecule has 112 valence electrons. The van der Waals surface area contributed by atoms with Crippen molar-refractivity contribution in [1.82, 2.24) is 10.3 Å². The molecule has 0 aliphatic heterocycles.